The highest BCUT2D eigenvalue weighted by molar-refractivity contribution is 6.04. The zero-order chi connectivity index (χ0) is 21.7. The Morgan fingerprint density at radius 3 is 2.84 bits per heavy atom. The van der Waals surface area contributed by atoms with Crippen molar-refractivity contribution in [3.8, 4) is 0 Å². The van der Waals surface area contributed by atoms with Gasteiger partial charge in [0.05, 0.1) is 11.7 Å². The van der Waals surface area contributed by atoms with E-state index in [9.17, 15) is 14.4 Å². The number of nitrogens with two attached hydrogens (primary N) is 1. The van der Waals surface area contributed by atoms with Crippen LogP contribution in [-0.2, 0) is 16.1 Å². The number of carbonyl (C=O) groups excluding carboxylic acids is 3. The lowest BCUT2D eigenvalue weighted by Crippen LogP contribution is -2.49. The molecule has 5 rings (SSSR count). The molecule has 1 unspecified atom stereocenters. The highest BCUT2D eigenvalue weighted by Gasteiger charge is 2.56. The van der Waals surface area contributed by atoms with Gasteiger partial charge in [0, 0.05) is 24.2 Å². The van der Waals surface area contributed by atoms with Crippen molar-refractivity contribution in [2.75, 3.05) is 6.54 Å². The molecule has 3 fully saturated rings. The number of primary amides is 1. The Bertz CT molecular complexity index is 1050. The Hall–Kier alpha value is -2.97. The maximum Gasteiger partial charge on any atom is 0.269 e. The number of likely N-dealkylation sites (tertiary alicyclic amines) is 1. The quantitative estimate of drug-likeness (QED) is 0.718. The van der Waals surface area contributed by atoms with Gasteiger partial charge in [0.25, 0.3) is 5.91 Å². The average Bonchev–Trinajstić information content (AvgIpc) is 3.08. The fraction of sp³-hybridized carbons (Fsp3) is 0.591. The van der Waals surface area contributed by atoms with E-state index in [-0.39, 0.29) is 30.1 Å². The number of fused-ring (bicyclic) bond motifs is 2. The van der Waals surface area contributed by atoms with Crippen molar-refractivity contribution >= 4 is 28.6 Å². The maximum atomic E-state index is 13.3. The standard InChI is InChI=1S/C22H28N6O3/c1-12-3-2-4-13(12)9-25-22(31)17-8-14-7-16(14)28(17)19(29)11-27-18-10-24-6-5-15(18)20(26-27)21(23)30/h5-6,10,12-14,16-17H,2-4,7-9,11H2,1H3,(H2,23,30)(H,25,31)/t12-,13?,14+,16+,17-/m0/s1. The molecular formula is C22H28N6O3. The molecule has 2 saturated carbocycles. The third-order valence-corrected chi connectivity index (χ3v) is 7.34. The molecule has 2 aromatic heterocycles. The van der Waals surface area contributed by atoms with E-state index in [4.69, 9.17) is 5.73 Å². The SMILES string of the molecule is C[C@H]1CCCC1CNC(=O)[C@@H]1C[C@H]2C[C@H]2N1C(=O)Cn1nc(C(N)=O)c2ccncc21. The first-order valence-electron chi connectivity index (χ1n) is 11.1. The Kier molecular flexibility index (Phi) is 4.91. The molecule has 0 bridgehead atoms. The molecule has 1 aliphatic heterocycles. The first kappa shape index (κ1) is 20.0. The molecule has 0 aromatic carbocycles. The van der Waals surface area contributed by atoms with Gasteiger partial charge in [-0.05, 0) is 43.1 Å². The smallest absolute Gasteiger partial charge is 0.269 e. The number of rotatable bonds is 6. The Morgan fingerprint density at radius 2 is 2.10 bits per heavy atom. The van der Waals surface area contributed by atoms with E-state index < -0.39 is 11.9 Å². The molecule has 5 atom stereocenters. The number of hydrogen-bond acceptors (Lipinski definition) is 5. The number of carbonyl (C=O) groups is 3. The van der Waals surface area contributed by atoms with Gasteiger partial charge in [-0.3, -0.25) is 24.0 Å². The van der Waals surface area contributed by atoms with E-state index in [1.807, 2.05) is 0 Å². The summed E-state index contributed by atoms with van der Waals surface area (Å²) in [5.74, 6) is 0.704. The lowest BCUT2D eigenvalue weighted by molar-refractivity contribution is -0.140. The summed E-state index contributed by atoms with van der Waals surface area (Å²) in [6.07, 6.45) is 8.39. The van der Waals surface area contributed by atoms with Gasteiger partial charge in [0.1, 0.15) is 12.6 Å². The minimum absolute atomic E-state index is 0.0514. The topological polar surface area (TPSA) is 123 Å². The number of aromatic nitrogens is 3. The summed E-state index contributed by atoms with van der Waals surface area (Å²) in [5, 5.41) is 7.94. The van der Waals surface area contributed by atoms with Crippen LogP contribution in [0.3, 0.4) is 0 Å². The number of piperidine rings is 1. The first-order valence-corrected chi connectivity index (χ1v) is 11.1. The summed E-state index contributed by atoms with van der Waals surface area (Å²) in [4.78, 5) is 43.8. The van der Waals surface area contributed by atoms with Gasteiger partial charge in [0.2, 0.25) is 11.8 Å². The molecule has 3 aliphatic rings. The second-order valence-electron chi connectivity index (χ2n) is 9.29. The Balaban J connectivity index is 1.31. The van der Waals surface area contributed by atoms with Gasteiger partial charge < -0.3 is 16.0 Å². The average molecular weight is 425 g/mol. The van der Waals surface area contributed by atoms with Crippen LogP contribution in [0.15, 0.2) is 18.5 Å². The summed E-state index contributed by atoms with van der Waals surface area (Å²) >= 11 is 0. The van der Waals surface area contributed by atoms with Crippen molar-refractivity contribution in [1.82, 2.24) is 25.0 Å². The van der Waals surface area contributed by atoms with Gasteiger partial charge in [-0.2, -0.15) is 5.10 Å². The Labute approximate surface area is 180 Å². The van der Waals surface area contributed by atoms with Crippen LogP contribution < -0.4 is 11.1 Å². The molecule has 3 N–H and O–H groups in total. The van der Waals surface area contributed by atoms with Crippen LogP contribution in [0.25, 0.3) is 10.9 Å². The molecule has 0 radical (unpaired) electrons. The fourth-order valence-electron chi connectivity index (χ4n) is 5.46. The number of hydrogen-bond donors (Lipinski definition) is 2. The minimum atomic E-state index is -0.649. The highest BCUT2D eigenvalue weighted by Crippen LogP contribution is 2.48. The predicted octanol–water partition coefficient (Wildman–Crippen LogP) is 1.07. The van der Waals surface area contributed by atoms with Crippen molar-refractivity contribution in [2.24, 2.45) is 23.5 Å². The number of pyridine rings is 1. The second kappa shape index (κ2) is 7.62. The van der Waals surface area contributed by atoms with Crippen molar-refractivity contribution in [2.45, 2.75) is 57.7 Å². The van der Waals surface area contributed by atoms with E-state index in [0.29, 0.717) is 35.2 Å². The molecule has 31 heavy (non-hydrogen) atoms. The molecule has 3 heterocycles. The first-order chi connectivity index (χ1) is 14.9. The largest absolute Gasteiger partial charge is 0.364 e. The molecule has 9 heteroatoms. The van der Waals surface area contributed by atoms with Crippen LogP contribution in [-0.4, -0.2) is 56.0 Å². The number of nitrogens with one attached hydrogen (secondary N) is 1. The Morgan fingerprint density at radius 1 is 1.26 bits per heavy atom. The van der Waals surface area contributed by atoms with Gasteiger partial charge in [0.15, 0.2) is 5.69 Å². The van der Waals surface area contributed by atoms with Gasteiger partial charge >= 0.3 is 0 Å². The van der Waals surface area contributed by atoms with Crippen LogP contribution >= 0.6 is 0 Å². The molecule has 1 saturated heterocycles. The fourth-order valence-corrected chi connectivity index (χ4v) is 5.46. The van der Waals surface area contributed by atoms with E-state index in [2.05, 4.69) is 22.3 Å². The zero-order valence-electron chi connectivity index (χ0n) is 17.7. The molecule has 2 aliphatic carbocycles. The molecular weight excluding hydrogens is 396 g/mol. The van der Waals surface area contributed by atoms with Crippen LogP contribution in [0, 0.1) is 17.8 Å². The van der Waals surface area contributed by atoms with Crippen molar-refractivity contribution in [3.63, 3.8) is 0 Å². The van der Waals surface area contributed by atoms with Crippen molar-refractivity contribution < 1.29 is 14.4 Å². The molecule has 164 valence electrons. The summed E-state index contributed by atoms with van der Waals surface area (Å²) in [7, 11) is 0. The van der Waals surface area contributed by atoms with Crippen molar-refractivity contribution in [1.29, 1.82) is 0 Å². The number of nitrogens with zero attached hydrogens (tertiary/aromatic N) is 4. The monoisotopic (exact) mass is 424 g/mol. The lowest BCUT2D eigenvalue weighted by atomic mass is 9.98. The summed E-state index contributed by atoms with van der Waals surface area (Å²) in [6.45, 7) is 2.88. The maximum absolute atomic E-state index is 13.3. The van der Waals surface area contributed by atoms with Gasteiger partial charge in [-0.25, -0.2) is 0 Å². The molecule has 9 nitrogen and oxygen atoms in total. The third-order valence-electron chi connectivity index (χ3n) is 7.34. The van der Waals surface area contributed by atoms with E-state index in [1.54, 1.807) is 23.4 Å². The van der Waals surface area contributed by atoms with Gasteiger partial charge in [-0.1, -0.05) is 19.8 Å². The highest BCUT2D eigenvalue weighted by atomic mass is 16.2. The van der Waals surface area contributed by atoms with Gasteiger partial charge in [-0.15, -0.1) is 0 Å². The normalized spacial score (nSPS) is 29.2. The predicted molar refractivity (Wildman–Crippen MR) is 113 cm³/mol. The van der Waals surface area contributed by atoms with E-state index in [1.165, 1.54) is 17.5 Å². The lowest BCUT2D eigenvalue weighted by Gasteiger charge is -2.27. The van der Waals surface area contributed by atoms with Crippen LogP contribution in [0.2, 0.25) is 0 Å². The summed E-state index contributed by atoms with van der Waals surface area (Å²) < 4.78 is 1.47. The van der Waals surface area contributed by atoms with Crippen LogP contribution in [0.1, 0.15) is 49.5 Å². The molecule has 3 amide bonds. The second-order valence-corrected chi connectivity index (χ2v) is 9.29. The minimum Gasteiger partial charge on any atom is -0.364 e. The molecule has 2 aromatic rings. The van der Waals surface area contributed by atoms with Crippen LogP contribution in [0.4, 0.5) is 0 Å². The van der Waals surface area contributed by atoms with Crippen LogP contribution in [0.5, 0.6) is 0 Å². The number of amides is 3. The third kappa shape index (κ3) is 3.55. The molecule has 0 spiro atoms. The zero-order valence-corrected chi connectivity index (χ0v) is 17.7. The van der Waals surface area contributed by atoms with E-state index >= 15 is 0 Å². The van der Waals surface area contributed by atoms with Crippen molar-refractivity contribution in [3.05, 3.63) is 24.2 Å². The summed E-state index contributed by atoms with van der Waals surface area (Å²) in [6, 6.07) is 1.36. The summed E-state index contributed by atoms with van der Waals surface area (Å²) in [5.41, 5.74) is 6.15. The van der Waals surface area contributed by atoms with E-state index in [0.717, 1.165) is 19.3 Å².